The van der Waals surface area contributed by atoms with Gasteiger partial charge in [-0.1, -0.05) is 49.6 Å². The van der Waals surface area contributed by atoms with Crippen LogP contribution in [0.3, 0.4) is 0 Å². The predicted molar refractivity (Wildman–Crippen MR) is 135 cm³/mol. The molecule has 1 fully saturated rings. The van der Waals surface area contributed by atoms with E-state index in [0.29, 0.717) is 13.0 Å². The zero-order valence-electron chi connectivity index (χ0n) is 20.1. The lowest BCUT2D eigenvalue weighted by Crippen LogP contribution is -2.50. The summed E-state index contributed by atoms with van der Waals surface area (Å²) in [4.78, 5) is 15.5. The average Bonchev–Trinajstić information content (AvgIpc) is 3.28. The fourth-order valence-electron chi connectivity index (χ4n) is 5.25. The van der Waals surface area contributed by atoms with Crippen LogP contribution in [0.15, 0.2) is 47.4 Å². The Balaban J connectivity index is 1.59. The molecule has 4 rings (SSSR count). The summed E-state index contributed by atoms with van der Waals surface area (Å²) in [6, 6.07) is 12.5. The highest BCUT2D eigenvalue weighted by Gasteiger charge is 2.32. The second kappa shape index (κ2) is 11.0. The van der Waals surface area contributed by atoms with Gasteiger partial charge in [0.1, 0.15) is 6.04 Å². The summed E-state index contributed by atoms with van der Waals surface area (Å²) in [6.45, 7) is 0.442. The number of nitrogens with one attached hydrogen (secondary N) is 1. The quantitative estimate of drug-likeness (QED) is 0.560. The van der Waals surface area contributed by atoms with Crippen molar-refractivity contribution < 1.29 is 13.2 Å². The third-order valence-corrected chi connectivity index (χ3v) is 8.86. The topological polar surface area (TPSA) is 92.5 Å². The highest BCUT2D eigenvalue weighted by molar-refractivity contribution is 7.89. The molecule has 0 aliphatic heterocycles. The van der Waals surface area contributed by atoms with Crippen molar-refractivity contribution in [1.82, 2.24) is 9.62 Å². The molecule has 0 bridgehead atoms. The number of likely N-dealkylation sites (N-methyl/N-ethyl adjacent to an activating group) is 1. The Kier molecular flexibility index (Phi) is 8.06. The molecule has 3 N–H and O–H groups in total. The number of carbonyl (C=O) groups excluding carboxylic acids is 1. The van der Waals surface area contributed by atoms with Crippen molar-refractivity contribution in [2.45, 2.75) is 87.7 Å². The molecule has 1 atom stereocenters. The van der Waals surface area contributed by atoms with Crippen LogP contribution >= 0.6 is 0 Å². The SMILES string of the molecule is CN(C(=O)C(Cc1ccc(CN)cc1)NS(=O)(=O)c1ccc2c(c1)CCCCC2)C1CCCC1. The van der Waals surface area contributed by atoms with Crippen molar-refractivity contribution >= 4 is 15.9 Å². The molecular formula is C27H37N3O3S. The predicted octanol–water partition coefficient (Wildman–Crippen LogP) is 3.70. The van der Waals surface area contributed by atoms with E-state index in [4.69, 9.17) is 5.73 Å². The number of carbonyl (C=O) groups is 1. The standard InChI is InChI=1S/C27H37N3O3S/c1-30(24-9-5-6-10-24)27(31)26(17-20-11-13-21(19-28)14-12-20)29-34(32,33)25-16-15-22-7-3-2-4-8-23(22)18-25/h11-16,18,24,26,29H,2-10,17,19,28H2,1H3. The van der Waals surface area contributed by atoms with E-state index in [1.807, 2.05) is 30.3 Å². The Morgan fingerprint density at radius 1 is 0.971 bits per heavy atom. The fourth-order valence-corrected chi connectivity index (χ4v) is 6.49. The van der Waals surface area contributed by atoms with Crippen molar-refractivity contribution in [2.75, 3.05) is 7.05 Å². The fraction of sp³-hybridized carbons (Fsp3) is 0.519. The summed E-state index contributed by atoms with van der Waals surface area (Å²) in [5.74, 6) is -0.173. The van der Waals surface area contributed by atoms with E-state index < -0.39 is 16.1 Å². The average molecular weight is 484 g/mol. The van der Waals surface area contributed by atoms with Crippen molar-refractivity contribution in [2.24, 2.45) is 5.73 Å². The van der Waals surface area contributed by atoms with Crippen molar-refractivity contribution in [3.63, 3.8) is 0 Å². The maximum absolute atomic E-state index is 13.5. The van der Waals surface area contributed by atoms with E-state index in [1.165, 1.54) is 12.0 Å². The van der Waals surface area contributed by atoms with Crippen LogP contribution in [0.2, 0.25) is 0 Å². The first-order valence-corrected chi connectivity index (χ1v) is 14.0. The minimum atomic E-state index is -3.86. The van der Waals surface area contributed by atoms with Crippen molar-refractivity contribution in [1.29, 1.82) is 0 Å². The zero-order chi connectivity index (χ0) is 24.1. The van der Waals surface area contributed by atoms with Gasteiger partial charge in [-0.25, -0.2) is 8.42 Å². The summed E-state index contributed by atoms with van der Waals surface area (Å²) in [5, 5.41) is 0. The highest BCUT2D eigenvalue weighted by Crippen LogP contribution is 2.25. The number of nitrogens with zero attached hydrogens (tertiary/aromatic N) is 1. The first-order valence-electron chi connectivity index (χ1n) is 12.6. The van der Waals surface area contributed by atoms with Crippen LogP contribution in [0.1, 0.15) is 67.2 Å². The summed E-state index contributed by atoms with van der Waals surface area (Å²) in [7, 11) is -2.05. The summed E-state index contributed by atoms with van der Waals surface area (Å²) < 4.78 is 29.7. The summed E-state index contributed by atoms with van der Waals surface area (Å²) in [6.07, 6.45) is 9.74. The maximum atomic E-state index is 13.5. The lowest BCUT2D eigenvalue weighted by atomic mass is 10.0. The van der Waals surface area contributed by atoms with Gasteiger partial charge in [-0.2, -0.15) is 4.72 Å². The number of hydrogen-bond acceptors (Lipinski definition) is 4. The molecule has 1 amide bonds. The molecular weight excluding hydrogens is 446 g/mol. The first-order chi connectivity index (χ1) is 16.4. The Labute approximate surface area is 204 Å². The van der Waals surface area contributed by atoms with E-state index in [0.717, 1.165) is 68.1 Å². The second-order valence-corrected chi connectivity index (χ2v) is 11.5. The smallest absolute Gasteiger partial charge is 0.241 e. The molecule has 7 heteroatoms. The number of sulfonamides is 1. The van der Waals surface area contributed by atoms with Gasteiger partial charge in [0.2, 0.25) is 15.9 Å². The van der Waals surface area contributed by atoms with E-state index in [2.05, 4.69) is 4.72 Å². The largest absolute Gasteiger partial charge is 0.341 e. The Morgan fingerprint density at radius 2 is 1.62 bits per heavy atom. The lowest BCUT2D eigenvalue weighted by molar-refractivity contribution is -0.133. The van der Waals surface area contributed by atoms with Gasteiger partial charge < -0.3 is 10.6 Å². The van der Waals surface area contributed by atoms with Gasteiger partial charge in [-0.05, 0) is 79.3 Å². The van der Waals surface area contributed by atoms with Gasteiger partial charge in [-0.3, -0.25) is 4.79 Å². The number of amides is 1. The zero-order valence-corrected chi connectivity index (χ0v) is 20.9. The number of nitrogens with two attached hydrogens (primary N) is 1. The third-order valence-electron chi connectivity index (χ3n) is 7.39. The van der Waals surface area contributed by atoms with E-state index in [9.17, 15) is 13.2 Å². The van der Waals surface area contributed by atoms with Gasteiger partial charge in [0.05, 0.1) is 4.90 Å². The lowest BCUT2D eigenvalue weighted by Gasteiger charge is -2.29. The Hall–Kier alpha value is -2.22. The van der Waals surface area contributed by atoms with Crippen LogP contribution in [-0.2, 0) is 40.6 Å². The molecule has 2 aliphatic rings. The number of benzene rings is 2. The number of hydrogen-bond donors (Lipinski definition) is 2. The minimum absolute atomic E-state index is 0.173. The summed E-state index contributed by atoms with van der Waals surface area (Å²) in [5.41, 5.74) is 9.97. The van der Waals surface area contributed by atoms with E-state index in [-0.39, 0.29) is 16.8 Å². The van der Waals surface area contributed by atoms with E-state index >= 15 is 0 Å². The maximum Gasteiger partial charge on any atom is 0.241 e. The summed E-state index contributed by atoms with van der Waals surface area (Å²) >= 11 is 0. The second-order valence-electron chi connectivity index (χ2n) is 9.78. The van der Waals surface area contributed by atoms with Crippen LogP contribution in [0, 0.1) is 0 Å². The Morgan fingerprint density at radius 3 is 2.29 bits per heavy atom. The molecule has 0 aromatic heterocycles. The molecule has 184 valence electrons. The van der Waals surface area contributed by atoms with Gasteiger partial charge >= 0.3 is 0 Å². The Bertz CT molecular complexity index is 1090. The molecule has 34 heavy (non-hydrogen) atoms. The van der Waals surface area contributed by atoms with Crippen LogP contribution < -0.4 is 10.5 Å². The van der Waals surface area contributed by atoms with Gasteiger partial charge in [0, 0.05) is 19.6 Å². The molecule has 0 radical (unpaired) electrons. The number of fused-ring (bicyclic) bond motifs is 1. The normalized spacial score (nSPS) is 17.7. The molecule has 0 saturated heterocycles. The van der Waals surface area contributed by atoms with Crippen LogP contribution in [0.5, 0.6) is 0 Å². The van der Waals surface area contributed by atoms with Crippen LogP contribution in [-0.4, -0.2) is 38.4 Å². The van der Waals surface area contributed by atoms with Crippen LogP contribution in [0.25, 0.3) is 0 Å². The molecule has 2 aliphatic carbocycles. The third kappa shape index (κ3) is 5.88. The van der Waals surface area contributed by atoms with Gasteiger partial charge in [0.25, 0.3) is 0 Å². The van der Waals surface area contributed by atoms with E-state index in [1.54, 1.807) is 24.1 Å². The van der Waals surface area contributed by atoms with Crippen LogP contribution in [0.4, 0.5) is 0 Å². The molecule has 6 nitrogen and oxygen atoms in total. The monoisotopic (exact) mass is 483 g/mol. The van der Waals surface area contributed by atoms with Crippen molar-refractivity contribution in [3.05, 3.63) is 64.7 Å². The highest BCUT2D eigenvalue weighted by atomic mass is 32.2. The number of aryl methyl sites for hydroxylation is 2. The van der Waals surface area contributed by atoms with Crippen molar-refractivity contribution in [3.8, 4) is 0 Å². The van der Waals surface area contributed by atoms with Gasteiger partial charge in [-0.15, -0.1) is 0 Å². The minimum Gasteiger partial charge on any atom is -0.341 e. The first kappa shape index (κ1) is 24.9. The number of rotatable bonds is 8. The van der Waals surface area contributed by atoms with Gasteiger partial charge in [0.15, 0.2) is 0 Å². The molecule has 0 spiro atoms. The molecule has 2 aromatic rings. The molecule has 2 aromatic carbocycles. The molecule has 1 unspecified atom stereocenters. The molecule has 0 heterocycles. The molecule has 1 saturated carbocycles.